The predicted octanol–water partition coefficient (Wildman–Crippen LogP) is -0.632. The number of hydrogen-bond donors (Lipinski definition) is 1. The van der Waals surface area contributed by atoms with E-state index in [1.165, 1.54) is 4.90 Å². The van der Waals surface area contributed by atoms with Crippen LogP contribution in [0.15, 0.2) is 0 Å². The summed E-state index contributed by atoms with van der Waals surface area (Å²) in [7, 11) is 1.63. The number of nitrogens with zero attached hydrogens (tertiary/aromatic N) is 1. The van der Waals surface area contributed by atoms with Crippen LogP contribution in [0.2, 0.25) is 0 Å². The van der Waals surface area contributed by atoms with Crippen molar-refractivity contribution < 1.29 is 9.90 Å². The van der Waals surface area contributed by atoms with Crippen LogP contribution < -0.4 is 0 Å². The third kappa shape index (κ3) is 3.61. The van der Waals surface area contributed by atoms with Gasteiger partial charge in [0, 0.05) is 20.2 Å². The zero-order valence-electron chi connectivity index (χ0n) is 4.92. The second kappa shape index (κ2) is 4.59. The second-order valence-electron chi connectivity index (χ2n) is 1.59. The molecular weight excluding hydrogens is 106 g/mol. The highest BCUT2D eigenvalue weighted by molar-refractivity contribution is 5.47. The third-order valence-corrected chi connectivity index (χ3v) is 0.807. The average Bonchev–Trinajstić information content (AvgIpc) is 1.83. The molecule has 1 amide bonds. The molecule has 3 heteroatoms. The minimum absolute atomic E-state index is 0.131. The maximum absolute atomic E-state index is 9.73. The Morgan fingerprint density at radius 3 is 2.75 bits per heavy atom. The molecule has 47 valence electrons. The van der Waals surface area contributed by atoms with E-state index in [0.717, 1.165) is 0 Å². The lowest BCUT2D eigenvalue weighted by Gasteiger charge is -2.05. The maximum Gasteiger partial charge on any atom is 0.311 e. The molecule has 0 aliphatic heterocycles. The normalized spacial score (nSPS) is 8.75. The lowest BCUT2D eigenvalue weighted by atomic mass is 10.4. The van der Waals surface area contributed by atoms with Crippen molar-refractivity contribution >= 4 is 6.41 Å². The summed E-state index contributed by atoms with van der Waals surface area (Å²) in [5, 5.41) is 8.25. The van der Waals surface area contributed by atoms with Gasteiger partial charge in [-0.2, -0.15) is 0 Å². The first kappa shape index (κ1) is 7.43. The molecule has 8 heavy (non-hydrogen) atoms. The smallest absolute Gasteiger partial charge is 0.311 e. The molecule has 0 aliphatic rings. The lowest BCUT2D eigenvalue weighted by molar-refractivity contribution is 0.272. The van der Waals surface area contributed by atoms with E-state index in [1.54, 1.807) is 13.5 Å². The van der Waals surface area contributed by atoms with Gasteiger partial charge in [0.2, 0.25) is 0 Å². The van der Waals surface area contributed by atoms with Crippen molar-refractivity contribution in [2.24, 2.45) is 0 Å². The van der Waals surface area contributed by atoms with Crippen LogP contribution in [0.5, 0.6) is 0 Å². The van der Waals surface area contributed by atoms with E-state index in [0.29, 0.717) is 13.0 Å². The molecule has 0 saturated carbocycles. The van der Waals surface area contributed by atoms with Crippen molar-refractivity contribution in [3.8, 4) is 0 Å². The van der Waals surface area contributed by atoms with Crippen LogP contribution in [0.1, 0.15) is 6.42 Å². The summed E-state index contributed by atoms with van der Waals surface area (Å²) < 4.78 is 0. The minimum atomic E-state index is 0.131. The lowest BCUT2D eigenvalue weighted by Crippen LogP contribution is -2.17. The Morgan fingerprint density at radius 1 is 1.75 bits per heavy atom. The Balaban J connectivity index is 2.98. The van der Waals surface area contributed by atoms with E-state index in [-0.39, 0.29) is 6.61 Å². The van der Waals surface area contributed by atoms with Gasteiger partial charge in [-0.1, -0.05) is 0 Å². The molecule has 0 aromatic heterocycles. The Kier molecular flexibility index (Phi) is 4.26. The quantitative estimate of drug-likeness (QED) is 0.497. The SMILES string of the molecule is CN([C]=O)CCCO. The Morgan fingerprint density at radius 2 is 2.38 bits per heavy atom. The van der Waals surface area contributed by atoms with Gasteiger partial charge in [0.1, 0.15) is 0 Å². The summed E-state index contributed by atoms with van der Waals surface area (Å²) in [6.45, 7) is 0.714. The van der Waals surface area contributed by atoms with Crippen LogP contribution in [0, 0.1) is 0 Å². The number of aliphatic hydroxyl groups excluding tert-OH is 1. The molecule has 0 spiro atoms. The summed E-state index contributed by atoms with van der Waals surface area (Å²) in [6.07, 6.45) is 2.30. The zero-order chi connectivity index (χ0) is 6.41. The molecule has 3 nitrogen and oxygen atoms in total. The van der Waals surface area contributed by atoms with Crippen molar-refractivity contribution in [1.82, 2.24) is 4.90 Å². The summed E-state index contributed by atoms with van der Waals surface area (Å²) in [5.74, 6) is 0. The van der Waals surface area contributed by atoms with Gasteiger partial charge in [0.15, 0.2) is 0 Å². The summed E-state index contributed by atoms with van der Waals surface area (Å²) in [4.78, 5) is 11.1. The molecule has 0 bridgehead atoms. The fourth-order valence-corrected chi connectivity index (χ4v) is 0.354. The van der Waals surface area contributed by atoms with E-state index in [9.17, 15) is 4.79 Å². The number of carbonyl (C=O) groups excluding carboxylic acids is 1. The van der Waals surface area contributed by atoms with Crippen molar-refractivity contribution in [3.63, 3.8) is 0 Å². The number of hydrogen-bond acceptors (Lipinski definition) is 2. The molecule has 1 radical (unpaired) electrons. The van der Waals surface area contributed by atoms with Gasteiger partial charge in [-0.15, -0.1) is 0 Å². The highest BCUT2D eigenvalue weighted by Gasteiger charge is 1.90. The molecule has 0 heterocycles. The highest BCUT2D eigenvalue weighted by atomic mass is 16.3. The topological polar surface area (TPSA) is 40.5 Å². The van der Waals surface area contributed by atoms with Gasteiger partial charge in [0.05, 0.1) is 0 Å². The largest absolute Gasteiger partial charge is 0.396 e. The van der Waals surface area contributed by atoms with Crippen molar-refractivity contribution in [2.45, 2.75) is 6.42 Å². The minimum Gasteiger partial charge on any atom is -0.396 e. The predicted molar refractivity (Wildman–Crippen MR) is 30.0 cm³/mol. The molecule has 1 N–H and O–H groups in total. The Labute approximate surface area is 48.9 Å². The molecule has 0 saturated heterocycles. The van der Waals surface area contributed by atoms with Gasteiger partial charge in [-0.25, -0.2) is 0 Å². The van der Waals surface area contributed by atoms with Crippen LogP contribution in [0.3, 0.4) is 0 Å². The number of aliphatic hydroxyl groups is 1. The van der Waals surface area contributed by atoms with E-state index in [4.69, 9.17) is 5.11 Å². The van der Waals surface area contributed by atoms with Crippen LogP contribution in [0.25, 0.3) is 0 Å². The number of amides is 1. The molecule has 0 atom stereocenters. The highest BCUT2D eigenvalue weighted by Crippen LogP contribution is 1.79. The average molecular weight is 116 g/mol. The summed E-state index contributed by atoms with van der Waals surface area (Å²) in [5.41, 5.74) is 0. The first-order chi connectivity index (χ1) is 3.81. The summed E-state index contributed by atoms with van der Waals surface area (Å²) in [6, 6.07) is 0. The molecule has 0 rings (SSSR count). The van der Waals surface area contributed by atoms with Gasteiger partial charge >= 0.3 is 6.41 Å². The molecule has 0 aromatic rings. The van der Waals surface area contributed by atoms with Crippen molar-refractivity contribution in [1.29, 1.82) is 0 Å². The fraction of sp³-hybridized carbons (Fsp3) is 0.800. The Bertz CT molecular complexity index is 65.4. The van der Waals surface area contributed by atoms with Gasteiger partial charge in [0.25, 0.3) is 0 Å². The monoisotopic (exact) mass is 116 g/mol. The van der Waals surface area contributed by atoms with Gasteiger partial charge in [-0.3, -0.25) is 4.79 Å². The van der Waals surface area contributed by atoms with Crippen LogP contribution in [-0.4, -0.2) is 36.6 Å². The van der Waals surface area contributed by atoms with Gasteiger partial charge < -0.3 is 10.0 Å². The maximum atomic E-state index is 9.73. The third-order valence-electron chi connectivity index (χ3n) is 0.807. The Hall–Kier alpha value is -0.570. The molecule has 0 aromatic carbocycles. The molecular formula is C5H10NO2. The van der Waals surface area contributed by atoms with Gasteiger partial charge in [-0.05, 0) is 6.42 Å². The van der Waals surface area contributed by atoms with E-state index in [1.807, 2.05) is 0 Å². The van der Waals surface area contributed by atoms with Crippen LogP contribution >= 0.6 is 0 Å². The summed E-state index contributed by atoms with van der Waals surface area (Å²) >= 11 is 0. The van der Waals surface area contributed by atoms with Crippen LogP contribution in [-0.2, 0) is 4.79 Å². The van der Waals surface area contributed by atoms with Crippen LogP contribution in [0.4, 0.5) is 0 Å². The van der Waals surface area contributed by atoms with Crippen molar-refractivity contribution in [3.05, 3.63) is 0 Å². The number of rotatable bonds is 4. The van der Waals surface area contributed by atoms with E-state index < -0.39 is 0 Å². The molecule has 0 fully saturated rings. The van der Waals surface area contributed by atoms with Crippen molar-refractivity contribution in [2.75, 3.05) is 20.2 Å². The first-order valence-corrected chi connectivity index (χ1v) is 2.51. The van der Waals surface area contributed by atoms with E-state index >= 15 is 0 Å². The zero-order valence-corrected chi connectivity index (χ0v) is 4.92. The molecule has 0 unspecified atom stereocenters. The standard InChI is InChI=1S/C5H10NO2/c1-6(5-8)3-2-4-7/h7H,2-4H2,1H3. The first-order valence-electron chi connectivity index (χ1n) is 2.51. The van der Waals surface area contributed by atoms with E-state index in [2.05, 4.69) is 0 Å². The fourth-order valence-electron chi connectivity index (χ4n) is 0.354. The molecule has 0 aliphatic carbocycles. The second-order valence-corrected chi connectivity index (χ2v) is 1.59.